The lowest BCUT2D eigenvalue weighted by Crippen LogP contribution is -2.46. The monoisotopic (exact) mass is 379 g/mol. The number of hydrogen-bond acceptors (Lipinski definition) is 7. The lowest BCUT2D eigenvalue weighted by atomic mass is 10.0. The molecule has 1 fully saturated rings. The van der Waals surface area contributed by atoms with E-state index in [0.717, 1.165) is 18.7 Å². The Hall–Kier alpha value is -2.36. The fraction of sp³-hybridized carbons (Fsp3) is 0.556. The van der Waals surface area contributed by atoms with E-state index in [9.17, 15) is 9.59 Å². The number of aliphatic hydroxyl groups is 1. The molecule has 0 radical (unpaired) electrons. The van der Waals surface area contributed by atoms with Crippen molar-refractivity contribution in [3.05, 3.63) is 23.8 Å². The van der Waals surface area contributed by atoms with E-state index >= 15 is 0 Å². The lowest BCUT2D eigenvalue weighted by molar-refractivity contribution is -0.139. The van der Waals surface area contributed by atoms with Gasteiger partial charge in [-0.2, -0.15) is 0 Å². The molecular formula is C18H25N3O6. The van der Waals surface area contributed by atoms with E-state index in [4.69, 9.17) is 19.3 Å². The first-order valence-corrected chi connectivity index (χ1v) is 9.07. The molecule has 0 aliphatic carbocycles. The van der Waals surface area contributed by atoms with E-state index in [1.165, 1.54) is 0 Å². The van der Waals surface area contributed by atoms with Gasteiger partial charge in [0.15, 0.2) is 11.5 Å². The molecule has 0 aromatic heterocycles. The third-order valence-electron chi connectivity index (χ3n) is 4.55. The molecule has 0 spiro atoms. The van der Waals surface area contributed by atoms with Crippen LogP contribution in [0, 0.1) is 0 Å². The van der Waals surface area contributed by atoms with Gasteiger partial charge in [0, 0.05) is 32.8 Å². The van der Waals surface area contributed by atoms with Gasteiger partial charge in [-0.3, -0.25) is 14.5 Å². The largest absolute Gasteiger partial charge is 0.454 e. The summed E-state index contributed by atoms with van der Waals surface area (Å²) >= 11 is 0. The smallest absolute Gasteiger partial charge is 0.309 e. The van der Waals surface area contributed by atoms with Gasteiger partial charge < -0.3 is 30.0 Å². The summed E-state index contributed by atoms with van der Waals surface area (Å²) < 4.78 is 16.2. The summed E-state index contributed by atoms with van der Waals surface area (Å²) in [6.45, 7) is 3.42. The van der Waals surface area contributed by atoms with Gasteiger partial charge in [0.1, 0.15) is 0 Å². The highest BCUT2D eigenvalue weighted by Gasteiger charge is 2.26. The number of rotatable bonds is 7. The van der Waals surface area contributed by atoms with Gasteiger partial charge in [-0.25, -0.2) is 0 Å². The van der Waals surface area contributed by atoms with Crippen LogP contribution >= 0.6 is 0 Å². The van der Waals surface area contributed by atoms with Crippen molar-refractivity contribution in [1.29, 1.82) is 0 Å². The van der Waals surface area contributed by atoms with E-state index in [1.807, 2.05) is 18.2 Å². The maximum Gasteiger partial charge on any atom is 0.309 e. The van der Waals surface area contributed by atoms with Crippen molar-refractivity contribution in [2.75, 3.05) is 52.8 Å². The van der Waals surface area contributed by atoms with E-state index in [0.29, 0.717) is 31.1 Å². The number of carbonyl (C=O) groups is 2. The predicted octanol–water partition coefficient (Wildman–Crippen LogP) is -0.597. The van der Waals surface area contributed by atoms with E-state index in [1.54, 1.807) is 0 Å². The first-order chi connectivity index (χ1) is 13.2. The maximum absolute atomic E-state index is 12.1. The quantitative estimate of drug-likeness (QED) is 0.429. The molecule has 1 saturated heterocycles. The normalized spacial score (nSPS) is 17.4. The topological polar surface area (TPSA) is 109 Å². The number of carbonyl (C=O) groups excluding carboxylic acids is 2. The van der Waals surface area contributed by atoms with Gasteiger partial charge in [-0.15, -0.1) is 0 Å². The van der Waals surface area contributed by atoms with Gasteiger partial charge in [0.2, 0.25) is 6.79 Å². The molecule has 1 aromatic rings. The van der Waals surface area contributed by atoms with Gasteiger partial charge in [-0.05, 0) is 24.1 Å². The van der Waals surface area contributed by atoms with Crippen molar-refractivity contribution in [3.63, 3.8) is 0 Å². The van der Waals surface area contributed by atoms with E-state index in [-0.39, 0.29) is 32.5 Å². The predicted molar refractivity (Wildman–Crippen MR) is 95.4 cm³/mol. The molecule has 148 valence electrons. The molecule has 27 heavy (non-hydrogen) atoms. The van der Waals surface area contributed by atoms with Gasteiger partial charge in [0.25, 0.3) is 0 Å². The zero-order valence-corrected chi connectivity index (χ0v) is 15.1. The van der Waals surface area contributed by atoms with Crippen LogP contribution in [-0.4, -0.2) is 74.6 Å². The highest BCUT2D eigenvalue weighted by atomic mass is 16.7. The average molecular weight is 379 g/mol. The number of nitrogens with zero attached hydrogens (tertiary/aromatic N) is 1. The standard InChI is InChI=1S/C18H25N3O6/c22-7-1-4-19-17(23)18(24)20-11-14(21-5-8-25-9-6-21)13-2-3-15-16(10-13)27-12-26-15/h2-3,10,14,22H,1,4-9,11-12H2,(H,19,23)(H,20,24)/t14-/m0/s1. The molecule has 0 bridgehead atoms. The van der Waals surface area contributed by atoms with Crippen LogP contribution in [0.5, 0.6) is 11.5 Å². The first-order valence-electron chi connectivity index (χ1n) is 9.07. The number of fused-ring (bicyclic) bond motifs is 1. The van der Waals surface area contributed by atoms with Crippen LogP contribution in [0.2, 0.25) is 0 Å². The Morgan fingerprint density at radius 3 is 2.63 bits per heavy atom. The molecule has 1 aromatic carbocycles. The molecule has 0 unspecified atom stereocenters. The van der Waals surface area contributed by atoms with Gasteiger partial charge in [-0.1, -0.05) is 6.07 Å². The number of aliphatic hydroxyl groups excluding tert-OH is 1. The third kappa shape index (κ3) is 5.09. The maximum atomic E-state index is 12.1. The molecule has 1 atom stereocenters. The van der Waals surface area contributed by atoms with Crippen molar-refractivity contribution in [1.82, 2.24) is 15.5 Å². The van der Waals surface area contributed by atoms with Crippen molar-refractivity contribution in [3.8, 4) is 11.5 Å². The minimum atomic E-state index is -0.699. The van der Waals surface area contributed by atoms with E-state index in [2.05, 4.69) is 15.5 Å². The first kappa shape index (κ1) is 19.4. The Kier molecular flexibility index (Phi) is 6.86. The summed E-state index contributed by atoms with van der Waals surface area (Å²) in [5, 5.41) is 13.9. The van der Waals surface area contributed by atoms with Crippen molar-refractivity contribution in [2.45, 2.75) is 12.5 Å². The number of morpholine rings is 1. The molecule has 0 saturated carbocycles. The molecule has 2 heterocycles. The number of hydrogen-bond donors (Lipinski definition) is 3. The second kappa shape index (κ2) is 9.54. The third-order valence-corrected chi connectivity index (χ3v) is 4.55. The summed E-state index contributed by atoms with van der Waals surface area (Å²) in [5.74, 6) is -0.00702. The summed E-state index contributed by atoms with van der Waals surface area (Å²) in [6.07, 6.45) is 0.409. The van der Waals surface area contributed by atoms with Crippen LogP contribution in [0.15, 0.2) is 18.2 Å². The van der Waals surface area contributed by atoms with Crippen LogP contribution in [0.25, 0.3) is 0 Å². The molecule has 2 amide bonds. The molecule has 9 heteroatoms. The number of nitrogens with one attached hydrogen (secondary N) is 2. The van der Waals surface area contributed by atoms with Crippen LogP contribution < -0.4 is 20.1 Å². The number of amides is 2. The molecule has 2 aliphatic heterocycles. The van der Waals surface area contributed by atoms with Gasteiger partial charge in [0.05, 0.1) is 19.3 Å². The van der Waals surface area contributed by atoms with Gasteiger partial charge >= 0.3 is 11.8 Å². The molecular weight excluding hydrogens is 354 g/mol. The fourth-order valence-electron chi connectivity index (χ4n) is 3.10. The SMILES string of the molecule is O=C(NCCCO)C(=O)NC[C@@H](c1ccc2c(c1)OCO2)N1CCOCC1. The van der Waals surface area contributed by atoms with Crippen molar-refractivity contribution < 1.29 is 28.9 Å². The minimum absolute atomic E-state index is 0.0366. The average Bonchev–Trinajstić information content (AvgIpc) is 3.17. The highest BCUT2D eigenvalue weighted by Crippen LogP contribution is 2.35. The highest BCUT2D eigenvalue weighted by molar-refractivity contribution is 6.35. The minimum Gasteiger partial charge on any atom is -0.454 e. The Labute approximate surface area is 157 Å². The van der Waals surface area contributed by atoms with E-state index < -0.39 is 11.8 Å². The Morgan fingerprint density at radius 2 is 1.85 bits per heavy atom. The van der Waals surface area contributed by atoms with Crippen LogP contribution in [-0.2, 0) is 14.3 Å². The second-order valence-corrected chi connectivity index (χ2v) is 6.32. The molecule has 9 nitrogen and oxygen atoms in total. The Balaban J connectivity index is 1.65. The zero-order chi connectivity index (χ0) is 19.1. The molecule has 3 N–H and O–H groups in total. The number of ether oxygens (including phenoxy) is 3. The summed E-state index contributed by atoms with van der Waals surface area (Å²) in [5.41, 5.74) is 0.974. The number of benzene rings is 1. The molecule has 3 rings (SSSR count). The fourth-order valence-corrected chi connectivity index (χ4v) is 3.10. The molecule has 2 aliphatic rings. The van der Waals surface area contributed by atoms with Crippen LogP contribution in [0.3, 0.4) is 0 Å². The second-order valence-electron chi connectivity index (χ2n) is 6.32. The van der Waals surface area contributed by atoms with Crippen LogP contribution in [0.4, 0.5) is 0 Å². The lowest BCUT2D eigenvalue weighted by Gasteiger charge is -2.34. The van der Waals surface area contributed by atoms with Crippen molar-refractivity contribution in [2.24, 2.45) is 0 Å². The van der Waals surface area contributed by atoms with Crippen molar-refractivity contribution >= 4 is 11.8 Å². The van der Waals surface area contributed by atoms with Crippen LogP contribution in [0.1, 0.15) is 18.0 Å². The Bertz CT molecular complexity index is 662. The summed E-state index contributed by atoms with van der Waals surface area (Å²) in [6, 6.07) is 5.60. The summed E-state index contributed by atoms with van der Waals surface area (Å²) in [7, 11) is 0. The zero-order valence-electron chi connectivity index (χ0n) is 15.1. The Morgan fingerprint density at radius 1 is 1.11 bits per heavy atom. The summed E-state index contributed by atoms with van der Waals surface area (Å²) in [4.78, 5) is 26.1.